The van der Waals surface area contributed by atoms with Gasteiger partial charge in [-0.2, -0.15) is 0 Å². The molecule has 0 aliphatic carbocycles. The fourth-order valence-electron chi connectivity index (χ4n) is 2.31. The van der Waals surface area contributed by atoms with Crippen molar-refractivity contribution in [3.63, 3.8) is 0 Å². The Balaban J connectivity index is 0.00000312. The number of nitrogens with one attached hydrogen (secondary N) is 2. The van der Waals surface area contributed by atoms with Crippen LogP contribution in [0.25, 0.3) is 0 Å². The maximum atomic E-state index is 5.33. The number of halogens is 1. The minimum atomic E-state index is 0. The second-order valence-electron chi connectivity index (χ2n) is 5.45. The van der Waals surface area contributed by atoms with Crippen molar-refractivity contribution < 1.29 is 9.15 Å². The minimum absolute atomic E-state index is 0. The Labute approximate surface area is 166 Å². The molecule has 2 aromatic rings. The number of furan rings is 1. The number of ether oxygens (including phenoxy) is 1. The van der Waals surface area contributed by atoms with Crippen molar-refractivity contribution in [2.45, 2.75) is 19.9 Å². The molecule has 6 heteroatoms. The summed E-state index contributed by atoms with van der Waals surface area (Å²) in [6.07, 6.45) is 4.30. The molecule has 0 saturated heterocycles. The Kier molecular flexibility index (Phi) is 9.76. The molecule has 0 aliphatic rings. The molecule has 1 heterocycles. The molecule has 0 spiro atoms. The lowest BCUT2D eigenvalue weighted by atomic mass is 10.1. The van der Waals surface area contributed by atoms with E-state index in [4.69, 9.17) is 9.15 Å². The Bertz CT molecular complexity index is 669. The minimum Gasteiger partial charge on any atom is -0.497 e. The lowest BCUT2D eigenvalue weighted by molar-refractivity contribution is 0.414. The van der Waals surface area contributed by atoms with Crippen LogP contribution in [0, 0.1) is 6.92 Å². The lowest BCUT2D eigenvalue weighted by Crippen LogP contribution is -2.38. The van der Waals surface area contributed by atoms with E-state index in [1.165, 1.54) is 0 Å². The van der Waals surface area contributed by atoms with E-state index in [1.54, 1.807) is 19.4 Å². The quantitative estimate of drug-likeness (QED) is 0.276. The monoisotopic (exact) mass is 455 g/mol. The number of methoxy groups -OCH3 is 1. The van der Waals surface area contributed by atoms with Gasteiger partial charge in [0.25, 0.3) is 0 Å². The molecule has 1 aromatic heterocycles. The standard InChI is InChI=1S/C19H25N3O2.HI/c1-4-8-20-19(21-9-7-17-6-5-10-24-17)22-14-16-11-15(2)12-18(13-16)23-3;/h4-6,10-13H,1,7-9,14H2,2-3H3,(H2,20,21,22);1H. The van der Waals surface area contributed by atoms with E-state index in [9.17, 15) is 0 Å². The molecule has 0 bridgehead atoms. The van der Waals surface area contributed by atoms with Crippen LogP contribution in [0.3, 0.4) is 0 Å². The molecule has 0 fully saturated rings. The first kappa shape index (κ1) is 21.1. The van der Waals surface area contributed by atoms with Crippen LogP contribution in [-0.2, 0) is 13.0 Å². The number of rotatable bonds is 8. The largest absolute Gasteiger partial charge is 0.497 e. The molecular formula is C19H26IN3O2. The summed E-state index contributed by atoms with van der Waals surface area (Å²) in [6.45, 7) is 7.75. The highest BCUT2D eigenvalue weighted by molar-refractivity contribution is 14.0. The first-order valence-electron chi connectivity index (χ1n) is 8.01. The molecule has 0 amide bonds. The van der Waals surface area contributed by atoms with Crippen molar-refractivity contribution in [1.29, 1.82) is 0 Å². The maximum Gasteiger partial charge on any atom is 0.191 e. The van der Waals surface area contributed by atoms with E-state index in [0.717, 1.165) is 41.6 Å². The molecule has 2 N–H and O–H groups in total. The van der Waals surface area contributed by atoms with Crippen LogP contribution < -0.4 is 15.4 Å². The normalized spacial score (nSPS) is 10.7. The third-order valence-electron chi connectivity index (χ3n) is 3.42. The number of aliphatic imine (C=N–C) groups is 1. The van der Waals surface area contributed by atoms with Crippen molar-refractivity contribution in [1.82, 2.24) is 10.6 Å². The summed E-state index contributed by atoms with van der Waals surface area (Å²) in [6, 6.07) is 9.98. The van der Waals surface area contributed by atoms with Crippen molar-refractivity contribution in [2.75, 3.05) is 20.2 Å². The van der Waals surface area contributed by atoms with Crippen molar-refractivity contribution in [2.24, 2.45) is 4.99 Å². The summed E-state index contributed by atoms with van der Waals surface area (Å²) in [4.78, 5) is 4.63. The van der Waals surface area contributed by atoms with E-state index >= 15 is 0 Å². The Morgan fingerprint density at radius 3 is 2.84 bits per heavy atom. The average molecular weight is 455 g/mol. The van der Waals surface area contributed by atoms with Gasteiger partial charge in [0.15, 0.2) is 5.96 Å². The first-order valence-corrected chi connectivity index (χ1v) is 8.01. The second-order valence-corrected chi connectivity index (χ2v) is 5.45. The summed E-state index contributed by atoms with van der Waals surface area (Å²) >= 11 is 0. The molecule has 5 nitrogen and oxygen atoms in total. The predicted molar refractivity (Wildman–Crippen MR) is 113 cm³/mol. The molecular weight excluding hydrogens is 429 g/mol. The molecule has 1 aromatic carbocycles. The fourth-order valence-corrected chi connectivity index (χ4v) is 2.31. The van der Waals surface area contributed by atoms with E-state index in [2.05, 4.69) is 28.3 Å². The third kappa shape index (κ3) is 7.64. The van der Waals surface area contributed by atoms with Crippen LogP contribution in [0.15, 0.2) is 58.7 Å². The second kappa shape index (κ2) is 11.6. The van der Waals surface area contributed by atoms with Crippen LogP contribution in [0.1, 0.15) is 16.9 Å². The summed E-state index contributed by atoms with van der Waals surface area (Å²) in [5.74, 6) is 2.56. The first-order chi connectivity index (χ1) is 11.7. The summed E-state index contributed by atoms with van der Waals surface area (Å²) in [7, 11) is 1.68. The zero-order valence-electron chi connectivity index (χ0n) is 14.7. The number of aryl methyl sites for hydroxylation is 1. The molecule has 136 valence electrons. The molecule has 2 rings (SSSR count). The van der Waals surface area contributed by atoms with Gasteiger partial charge >= 0.3 is 0 Å². The van der Waals surface area contributed by atoms with Gasteiger partial charge in [-0.15, -0.1) is 30.6 Å². The van der Waals surface area contributed by atoms with Gasteiger partial charge in [-0.25, -0.2) is 4.99 Å². The van der Waals surface area contributed by atoms with Crippen molar-refractivity contribution in [3.8, 4) is 5.75 Å². The topological polar surface area (TPSA) is 58.8 Å². The van der Waals surface area contributed by atoms with Gasteiger partial charge in [0.1, 0.15) is 11.5 Å². The Hall–Kier alpha value is -1.96. The molecule has 0 aliphatic heterocycles. The van der Waals surface area contributed by atoms with E-state index < -0.39 is 0 Å². The molecule has 0 unspecified atom stereocenters. The predicted octanol–water partition coefficient (Wildman–Crippen LogP) is 3.68. The van der Waals surface area contributed by atoms with Crippen molar-refractivity contribution in [3.05, 3.63) is 66.1 Å². The number of hydrogen-bond acceptors (Lipinski definition) is 3. The summed E-state index contributed by atoms with van der Waals surface area (Å²) in [5.41, 5.74) is 2.27. The van der Waals surface area contributed by atoms with Crippen molar-refractivity contribution >= 4 is 29.9 Å². The zero-order chi connectivity index (χ0) is 17.2. The summed E-state index contributed by atoms with van der Waals surface area (Å²) < 4.78 is 10.6. The van der Waals surface area contributed by atoms with Gasteiger partial charge in [0, 0.05) is 19.5 Å². The van der Waals surface area contributed by atoms with E-state index in [1.807, 2.05) is 31.2 Å². The van der Waals surface area contributed by atoms with Gasteiger partial charge in [-0.05, 0) is 42.3 Å². The highest BCUT2D eigenvalue weighted by atomic mass is 127. The summed E-state index contributed by atoms with van der Waals surface area (Å²) in [5, 5.41) is 6.53. The molecule has 25 heavy (non-hydrogen) atoms. The molecule has 0 radical (unpaired) electrons. The molecule has 0 saturated carbocycles. The van der Waals surface area contributed by atoms with Crippen LogP contribution >= 0.6 is 24.0 Å². The zero-order valence-corrected chi connectivity index (χ0v) is 17.1. The highest BCUT2D eigenvalue weighted by Gasteiger charge is 2.02. The van der Waals surface area contributed by atoms with E-state index in [0.29, 0.717) is 13.1 Å². The van der Waals surface area contributed by atoms with Crippen LogP contribution in [0.4, 0.5) is 0 Å². The molecule has 0 atom stereocenters. The van der Waals surface area contributed by atoms with Crippen LogP contribution in [0.2, 0.25) is 0 Å². The number of nitrogens with zero attached hydrogens (tertiary/aromatic N) is 1. The van der Waals surface area contributed by atoms with Gasteiger partial charge in [-0.3, -0.25) is 0 Å². The number of guanidine groups is 1. The SMILES string of the molecule is C=CCNC(=NCc1cc(C)cc(OC)c1)NCCc1ccco1.I. The third-order valence-corrected chi connectivity index (χ3v) is 3.42. The number of benzene rings is 1. The van der Waals surface area contributed by atoms with Gasteiger partial charge < -0.3 is 19.8 Å². The average Bonchev–Trinajstić information content (AvgIpc) is 3.09. The fraction of sp³-hybridized carbons (Fsp3) is 0.316. The number of hydrogen-bond donors (Lipinski definition) is 2. The smallest absolute Gasteiger partial charge is 0.191 e. The maximum absolute atomic E-state index is 5.33. The highest BCUT2D eigenvalue weighted by Crippen LogP contribution is 2.16. The van der Waals surface area contributed by atoms with E-state index in [-0.39, 0.29) is 24.0 Å². The van der Waals surface area contributed by atoms with Gasteiger partial charge in [0.05, 0.1) is 19.9 Å². The Morgan fingerprint density at radius 2 is 2.16 bits per heavy atom. The van der Waals surface area contributed by atoms with Crippen LogP contribution in [-0.4, -0.2) is 26.2 Å². The Morgan fingerprint density at radius 1 is 1.32 bits per heavy atom. The lowest BCUT2D eigenvalue weighted by Gasteiger charge is -2.11. The van der Waals surface area contributed by atoms with Gasteiger partial charge in [0.2, 0.25) is 0 Å². The van der Waals surface area contributed by atoms with Gasteiger partial charge in [-0.1, -0.05) is 12.1 Å². The van der Waals surface area contributed by atoms with Crippen LogP contribution in [0.5, 0.6) is 5.75 Å².